The monoisotopic (exact) mass is 1490 g/mol. The second kappa shape index (κ2) is 36.0. The van der Waals surface area contributed by atoms with Crippen LogP contribution in [0.1, 0.15) is 87.6 Å². The number of nitrogens with one attached hydrogen (secondary N) is 6. The highest BCUT2D eigenvalue weighted by atomic mass is 32.2. The maximum Gasteiger partial charge on any atom is 0.261 e. The van der Waals surface area contributed by atoms with Gasteiger partial charge in [-0.05, 0) is 99.7 Å². The van der Waals surface area contributed by atoms with E-state index in [0.29, 0.717) is 16.2 Å². The maximum absolute atomic E-state index is 15.2. The minimum atomic E-state index is -2.10. The number of β-amino-alcohol motifs (C(OH)–C–C–N with tert-alkyl or cyclic N) is 1. The summed E-state index contributed by atoms with van der Waals surface area (Å²) in [4.78, 5) is 113. The number of ether oxygens (including phenoxy) is 2. The molecule has 10 rings (SSSR count). The van der Waals surface area contributed by atoms with Gasteiger partial charge in [-0.1, -0.05) is 45.8 Å². The van der Waals surface area contributed by atoms with Crippen LogP contribution >= 0.6 is 23.7 Å². The Morgan fingerprint density at radius 2 is 1.47 bits per heavy atom. The zero-order chi connectivity index (χ0) is 74.5. The number of unbranched alkanes of at least 4 members (excludes halogenated alkanes) is 1. The van der Waals surface area contributed by atoms with Crippen molar-refractivity contribution in [1.82, 2.24) is 56.3 Å². The Bertz CT molecular complexity index is 3710. The molecular formula is C69H96N13O20S2+. The van der Waals surface area contributed by atoms with E-state index in [1.54, 1.807) is 36.9 Å². The molecule has 104 heavy (non-hydrogen) atoms. The summed E-state index contributed by atoms with van der Waals surface area (Å²) in [5.74, 6) is -9.13. The number of quaternary nitrogens is 1. The summed E-state index contributed by atoms with van der Waals surface area (Å²) in [6.45, 7) is 6.30. The molecule has 5 saturated heterocycles. The molecule has 13 atom stereocenters. The molecule has 14 N–H and O–H groups in total. The predicted molar refractivity (Wildman–Crippen MR) is 378 cm³/mol. The Morgan fingerprint density at radius 3 is 2.16 bits per heavy atom. The van der Waals surface area contributed by atoms with Crippen LogP contribution in [0.2, 0.25) is 0 Å². The molecule has 0 aliphatic carbocycles. The standard InChI is InChI=1S/C69H95N13O20S2/c1-38-35-80-59(60(38)89)65(94)71-34-46(84)32-49(72-61(90)42-11-9-41(10-12-42)50-37-81-69(73-50)103-66(77-81)43-13-15-45(16-14-43)78-24-19-48(20-25-78)99-29-7-6-28-98-5)62(91)74-56(39(2)83)67(95)79-36-47(85)33-51(79)63(92)75-57(54(88)30-40-8-17-52(86)55(31-40)100-104-102-101-97)64(93)76-58(68(80)96)53(87)18-23-70-44-21-26-82(3,4)27-22-44/h8-17,31,37-39,44,46-49,51,53-54,56-60,70,83-85,87-89H,6-7,18-30,32-36H2,1-5H3,(H6-,71,72,74,75,76,86,90,91,92,93,94,97)/p+1/t38-,39+,46+,47+,49+,51+,53-,54-,56+,57+,58+,59+,60+/m1/s1. The Kier molecular flexibility index (Phi) is 27.3. The van der Waals surface area contributed by atoms with E-state index in [1.807, 2.05) is 12.1 Å². The van der Waals surface area contributed by atoms with Gasteiger partial charge in [0.25, 0.3) is 18.2 Å². The van der Waals surface area contributed by atoms with E-state index < -0.39 is 158 Å². The Hall–Kier alpha value is -7.72. The van der Waals surface area contributed by atoms with Crippen molar-refractivity contribution < 1.29 is 102 Å². The average Bonchev–Trinajstić information content (AvgIpc) is 1.63. The average molecular weight is 1490 g/mol. The zero-order valence-electron chi connectivity index (χ0n) is 58.7. The highest BCUT2D eigenvalue weighted by Crippen LogP contribution is 2.34. The zero-order valence-corrected chi connectivity index (χ0v) is 60.3. The van der Waals surface area contributed by atoms with E-state index in [0.717, 1.165) is 121 Å². The molecule has 568 valence electrons. The molecule has 0 unspecified atom stereocenters. The first-order chi connectivity index (χ1) is 49.8. The number of anilines is 1. The minimum Gasteiger partial charge on any atom is -0.504 e. The van der Waals surface area contributed by atoms with Gasteiger partial charge in [0.05, 0.1) is 81.8 Å². The second-order valence-electron chi connectivity index (χ2n) is 28.1. The number of carbonyl (C=O) groups is 7. The molecule has 5 fully saturated rings. The molecule has 0 saturated carbocycles. The number of phenols is 1. The first-order valence-electron chi connectivity index (χ1n) is 35.1. The molecule has 0 radical (unpaired) electrons. The molecule has 7 amide bonds. The van der Waals surface area contributed by atoms with Gasteiger partial charge in [0.1, 0.15) is 41.3 Å². The number of methoxy groups -OCH3 is 1. The third kappa shape index (κ3) is 20.0. The van der Waals surface area contributed by atoms with E-state index >= 15 is 9.59 Å². The number of phenolic OH excluding ortho intramolecular Hbond substituents is 1. The van der Waals surface area contributed by atoms with Crippen molar-refractivity contribution in [3.8, 4) is 33.3 Å². The number of aliphatic hydroxyl groups excluding tert-OH is 6. The number of rotatable bonds is 24. The first kappa shape index (κ1) is 78.9. The van der Waals surface area contributed by atoms with Gasteiger partial charge in [-0.2, -0.15) is 5.10 Å². The topological polar surface area (TPSA) is 440 Å². The summed E-state index contributed by atoms with van der Waals surface area (Å²) < 4.78 is 23.2. The summed E-state index contributed by atoms with van der Waals surface area (Å²) >= 11 is 1.49. The van der Waals surface area contributed by atoms with Crippen LogP contribution in [0.15, 0.2) is 72.9 Å². The van der Waals surface area contributed by atoms with Crippen molar-refractivity contribution in [2.45, 2.75) is 163 Å². The third-order valence-electron chi connectivity index (χ3n) is 19.9. The Morgan fingerprint density at radius 1 is 0.788 bits per heavy atom. The molecule has 5 aromatic rings. The number of aromatic hydroxyl groups is 1. The predicted octanol–water partition coefficient (Wildman–Crippen LogP) is -0.227. The van der Waals surface area contributed by atoms with E-state index in [4.69, 9.17) is 29.0 Å². The Balaban J connectivity index is 0.884. The number of piperidine rings is 2. The van der Waals surface area contributed by atoms with Gasteiger partial charge >= 0.3 is 0 Å². The molecule has 3 aromatic carbocycles. The van der Waals surface area contributed by atoms with Gasteiger partial charge in [0.2, 0.25) is 40.4 Å². The number of likely N-dealkylation sites (tertiary alicyclic amines) is 1. The van der Waals surface area contributed by atoms with Crippen LogP contribution in [0.25, 0.3) is 26.8 Å². The van der Waals surface area contributed by atoms with Crippen LogP contribution in [0, 0.1) is 5.92 Å². The number of hydrogen-bond donors (Lipinski definition) is 14. The number of aromatic nitrogens is 3. The molecule has 5 aliphatic heterocycles. The number of hydrogen-bond acceptors (Lipinski definition) is 26. The molecule has 2 aromatic heterocycles. The van der Waals surface area contributed by atoms with Crippen LogP contribution in [0.5, 0.6) is 11.5 Å². The second-order valence-corrected chi connectivity index (χ2v) is 29.5. The summed E-state index contributed by atoms with van der Waals surface area (Å²) in [6.07, 6.45) is -4.54. The summed E-state index contributed by atoms with van der Waals surface area (Å²) in [6, 6.07) is 7.09. The van der Waals surface area contributed by atoms with Crippen molar-refractivity contribution in [3.05, 3.63) is 84.1 Å². The van der Waals surface area contributed by atoms with E-state index in [9.17, 15) is 59.7 Å². The van der Waals surface area contributed by atoms with Crippen LogP contribution in [-0.4, -0.2) is 283 Å². The molecular weight excluding hydrogens is 1390 g/mol. The third-order valence-corrected chi connectivity index (χ3v) is 21.3. The molecule has 5 aliphatic rings. The minimum absolute atomic E-state index is 0.0322. The summed E-state index contributed by atoms with van der Waals surface area (Å²) in [7, 11) is 5.93. The van der Waals surface area contributed by atoms with E-state index in [1.165, 1.54) is 35.6 Å². The smallest absolute Gasteiger partial charge is 0.261 e. The number of fused-ring (bicyclic) bond motifs is 3. The fourth-order valence-corrected chi connectivity index (χ4v) is 15.0. The number of aliphatic hydroxyl groups is 6. The summed E-state index contributed by atoms with van der Waals surface area (Å²) in [5, 5.41) is 114. The SMILES string of the molecule is COCCCCOC1CCN(c2ccc(-c3nn4cc(-c5ccc(C(=O)N[C@H]6C[C@H](O)CNC(=O)[C@@H]7[C@@H](O)[C@H](C)CN7C(=O)[C@H]([C@H](O)CCNC7CC[N+](C)(C)CC7)NC(=O)[C@H]([C@H](O)Cc7ccc(O)c(OSOOO)c7)NC(=O)[C@@H]7C[C@H](O)CN7C(=O)[C@H]([C@H](C)O)NC6=O)cc5)nc4s3)cc2)CC1. The van der Waals surface area contributed by atoms with Gasteiger partial charge in [0.15, 0.2) is 11.5 Å². The number of amides is 7. The highest BCUT2D eigenvalue weighted by molar-refractivity contribution is 7.90. The highest BCUT2D eigenvalue weighted by Gasteiger charge is 2.50. The number of nitrogens with zero attached hydrogens (tertiary/aromatic N) is 7. The Labute approximate surface area is 609 Å². The number of imidazole rings is 1. The number of carbonyl (C=O) groups excluding carboxylic acids is 7. The lowest BCUT2D eigenvalue weighted by Crippen LogP contribution is -2.64. The van der Waals surface area contributed by atoms with Crippen LogP contribution in [0.4, 0.5) is 5.69 Å². The number of benzene rings is 3. The fraction of sp³-hybridized carbons (Fsp3) is 0.580. The molecule has 0 bridgehead atoms. The van der Waals surface area contributed by atoms with E-state index in [2.05, 4.69) is 72.4 Å². The molecule has 35 heteroatoms. The fourth-order valence-electron chi connectivity index (χ4n) is 13.8. The van der Waals surface area contributed by atoms with Crippen molar-refractivity contribution in [2.75, 3.05) is 91.7 Å². The summed E-state index contributed by atoms with van der Waals surface area (Å²) in [5.41, 5.74) is 3.37. The normalized spacial score (nSPS) is 26.0. The van der Waals surface area contributed by atoms with Crippen LogP contribution in [-0.2, 0) is 54.0 Å². The van der Waals surface area contributed by atoms with Crippen molar-refractivity contribution in [3.63, 3.8) is 0 Å². The lowest BCUT2D eigenvalue weighted by Gasteiger charge is -2.37. The van der Waals surface area contributed by atoms with Gasteiger partial charge in [-0.3, -0.25) is 33.6 Å². The largest absolute Gasteiger partial charge is 0.504 e. The van der Waals surface area contributed by atoms with Crippen molar-refractivity contribution >= 4 is 75.7 Å². The lowest BCUT2D eigenvalue weighted by molar-refractivity contribution is -0.895. The van der Waals surface area contributed by atoms with Crippen LogP contribution in [0.3, 0.4) is 0 Å². The van der Waals surface area contributed by atoms with Gasteiger partial charge < -0.3 is 100 Å². The first-order valence-corrected chi connectivity index (χ1v) is 36.6. The quantitative estimate of drug-likeness (QED) is 0.0125. The molecule has 33 nitrogen and oxygen atoms in total. The van der Waals surface area contributed by atoms with Gasteiger partial charge in [-0.25, -0.2) is 14.8 Å². The van der Waals surface area contributed by atoms with Crippen molar-refractivity contribution in [1.29, 1.82) is 0 Å². The van der Waals surface area contributed by atoms with Gasteiger partial charge in [-0.15, -0.1) is 0 Å². The maximum atomic E-state index is 15.2. The molecule has 0 spiro atoms. The van der Waals surface area contributed by atoms with Crippen molar-refractivity contribution in [2.24, 2.45) is 5.92 Å². The van der Waals surface area contributed by atoms with Gasteiger partial charge in [0, 0.05) is 119 Å². The molecule has 7 heterocycles. The van der Waals surface area contributed by atoms with Crippen LogP contribution < -0.4 is 41.0 Å². The van der Waals surface area contributed by atoms with E-state index in [-0.39, 0.29) is 60.9 Å². The lowest BCUT2D eigenvalue weighted by atomic mass is 9.98.